The van der Waals surface area contributed by atoms with Crippen LogP contribution < -0.4 is 0 Å². The van der Waals surface area contributed by atoms with Crippen LogP contribution in [0.2, 0.25) is 0 Å². The van der Waals surface area contributed by atoms with Crippen molar-refractivity contribution in [3.63, 3.8) is 0 Å². The fourth-order valence-corrected chi connectivity index (χ4v) is 4.32. The van der Waals surface area contributed by atoms with Crippen molar-refractivity contribution in [3.8, 4) is 0 Å². The van der Waals surface area contributed by atoms with Gasteiger partial charge in [-0.3, -0.25) is 4.18 Å². The molecule has 6 heteroatoms. The second-order valence-electron chi connectivity index (χ2n) is 6.45. The normalized spacial score (nSPS) is 35.3. The Balaban J connectivity index is 1.85. The van der Waals surface area contributed by atoms with Crippen LogP contribution >= 0.6 is 0 Å². The highest BCUT2D eigenvalue weighted by Crippen LogP contribution is 2.46. The summed E-state index contributed by atoms with van der Waals surface area (Å²) in [4.78, 5) is 0.158. The highest BCUT2D eigenvalue weighted by Gasteiger charge is 2.60. The van der Waals surface area contributed by atoms with Crippen molar-refractivity contribution < 1.29 is 22.1 Å². The van der Waals surface area contributed by atoms with E-state index < -0.39 is 27.4 Å². The van der Waals surface area contributed by atoms with Gasteiger partial charge in [0.25, 0.3) is 10.1 Å². The molecule has 5 nitrogen and oxygen atoms in total. The summed E-state index contributed by atoms with van der Waals surface area (Å²) in [6.07, 6.45) is 1.11. The van der Waals surface area contributed by atoms with Crippen LogP contribution in [0.15, 0.2) is 29.2 Å². The lowest BCUT2D eigenvalue weighted by molar-refractivity contribution is -0.184. The lowest BCUT2D eigenvalue weighted by Gasteiger charge is -2.45. The average molecular weight is 326 g/mol. The predicted molar refractivity (Wildman–Crippen MR) is 81.2 cm³/mol. The lowest BCUT2D eigenvalue weighted by atomic mass is 9.79. The summed E-state index contributed by atoms with van der Waals surface area (Å²) >= 11 is 0. The maximum Gasteiger partial charge on any atom is 0.297 e. The van der Waals surface area contributed by atoms with Gasteiger partial charge in [-0.15, -0.1) is 0 Å². The summed E-state index contributed by atoms with van der Waals surface area (Å²) in [6.45, 7) is 6.57. The first kappa shape index (κ1) is 15.9. The third-order valence-corrected chi connectivity index (χ3v) is 6.31. The van der Waals surface area contributed by atoms with Gasteiger partial charge >= 0.3 is 0 Å². The van der Waals surface area contributed by atoms with E-state index in [0.29, 0.717) is 6.61 Å². The van der Waals surface area contributed by atoms with Crippen molar-refractivity contribution in [3.05, 3.63) is 29.8 Å². The Labute approximate surface area is 131 Å². The molecule has 2 heterocycles. The second-order valence-corrected chi connectivity index (χ2v) is 8.03. The van der Waals surface area contributed by atoms with Crippen LogP contribution in [0.25, 0.3) is 0 Å². The minimum Gasteiger partial charge on any atom is -0.369 e. The van der Waals surface area contributed by atoms with Gasteiger partial charge in [0, 0.05) is 6.61 Å². The fourth-order valence-electron chi connectivity index (χ4n) is 3.20. The van der Waals surface area contributed by atoms with Crippen molar-refractivity contribution in [2.45, 2.75) is 55.8 Å². The number of fused-ring (bicyclic) bond motifs is 1. The molecule has 2 aliphatic heterocycles. The molecule has 3 rings (SSSR count). The highest BCUT2D eigenvalue weighted by molar-refractivity contribution is 7.86. The van der Waals surface area contributed by atoms with Gasteiger partial charge in [-0.2, -0.15) is 8.42 Å². The van der Waals surface area contributed by atoms with E-state index in [1.54, 1.807) is 24.3 Å². The molecule has 0 amide bonds. The molecule has 0 spiro atoms. The Morgan fingerprint density at radius 1 is 1.18 bits per heavy atom. The van der Waals surface area contributed by atoms with E-state index in [0.717, 1.165) is 18.4 Å². The zero-order valence-electron chi connectivity index (χ0n) is 13.2. The molecule has 0 bridgehead atoms. The number of benzene rings is 1. The minimum atomic E-state index is -3.84. The summed E-state index contributed by atoms with van der Waals surface area (Å²) < 4.78 is 42.2. The summed E-state index contributed by atoms with van der Waals surface area (Å²) in [6, 6.07) is 6.63. The SMILES string of the molecule is Cc1ccc(S(=O)(=O)O[C@@H]2CO[C@]3(C)CCCO[C@]23C)cc1. The van der Waals surface area contributed by atoms with E-state index >= 15 is 0 Å². The number of rotatable bonds is 3. The molecule has 1 aromatic rings. The molecule has 22 heavy (non-hydrogen) atoms. The van der Waals surface area contributed by atoms with E-state index in [1.165, 1.54) is 0 Å². The van der Waals surface area contributed by atoms with E-state index in [1.807, 2.05) is 20.8 Å². The molecule has 0 aliphatic carbocycles. The molecule has 2 fully saturated rings. The Kier molecular flexibility index (Phi) is 3.84. The molecule has 0 saturated carbocycles. The van der Waals surface area contributed by atoms with Crippen molar-refractivity contribution in [2.75, 3.05) is 13.2 Å². The van der Waals surface area contributed by atoms with Crippen molar-refractivity contribution in [1.29, 1.82) is 0 Å². The predicted octanol–water partition coefficient (Wildman–Crippen LogP) is 2.43. The Hall–Kier alpha value is -0.950. The fraction of sp³-hybridized carbons (Fsp3) is 0.625. The smallest absolute Gasteiger partial charge is 0.297 e. The summed E-state index contributed by atoms with van der Waals surface area (Å²) in [5, 5.41) is 0. The third kappa shape index (κ3) is 2.48. The van der Waals surface area contributed by atoms with Gasteiger partial charge in [-0.25, -0.2) is 0 Å². The van der Waals surface area contributed by atoms with E-state index in [-0.39, 0.29) is 11.5 Å². The van der Waals surface area contributed by atoms with Gasteiger partial charge in [-0.1, -0.05) is 17.7 Å². The van der Waals surface area contributed by atoms with Crippen LogP contribution in [0, 0.1) is 6.92 Å². The molecule has 0 unspecified atom stereocenters. The molecule has 0 aromatic heterocycles. The molecule has 2 saturated heterocycles. The largest absolute Gasteiger partial charge is 0.369 e. The van der Waals surface area contributed by atoms with Crippen LogP contribution in [-0.2, 0) is 23.8 Å². The standard InChI is InChI=1S/C16H22O5S/c1-12-5-7-13(8-6-12)22(17,18)21-14-11-20-15(2)9-4-10-19-16(14,15)3/h5-8,14H,4,9-11H2,1-3H3/t14-,15-,16-/m1/s1. The Morgan fingerprint density at radius 2 is 1.86 bits per heavy atom. The molecule has 122 valence electrons. The maximum atomic E-state index is 12.5. The molecular formula is C16H22O5S. The maximum absolute atomic E-state index is 12.5. The highest BCUT2D eigenvalue weighted by atomic mass is 32.2. The van der Waals surface area contributed by atoms with Crippen molar-refractivity contribution >= 4 is 10.1 Å². The molecule has 0 radical (unpaired) electrons. The number of ether oxygens (including phenoxy) is 2. The third-order valence-electron chi connectivity index (χ3n) is 4.97. The van der Waals surface area contributed by atoms with Crippen molar-refractivity contribution in [1.82, 2.24) is 0 Å². The van der Waals surface area contributed by atoms with Gasteiger partial charge in [0.15, 0.2) is 0 Å². The van der Waals surface area contributed by atoms with E-state index in [2.05, 4.69) is 0 Å². The second kappa shape index (κ2) is 5.30. The monoisotopic (exact) mass is 326 g/mol. The lowest BCUT2D eigenvalue weighted by Crippen LogP contribution is -2.57. The van der Waals surface area contributed by atoms with Crippen LogP contribution in [0.1, 0.15) is 32.3 Å². The average Bonchev–Trinajstić information content (AvgIpc) is 2.72. The molecule has 2 aliphatic rings. The quantitative estimate of drug-likeness (QED) is 0.798. The van der Waals surface area contributed by atoms with Gasteiger partial charge in [-0.05, 0) is 45.7 Å². The molecular weight excluding hydrogens is 304 g/mol. The summed E-state index contributed by atoms with van der Waals surface area (Å²) in [5.74, 6) is 0. The molecule has 0 N–H and O–H groups in total. The first-order chi connectivity index (χ1) is 10.3. The zero-order chi connectivity index (χ0) is 16.0. The number of aryl methyl sites for hydroxylation is 1. The topological polar surface area (TPSA) is 61.8 Å². The van der Waals surface area contributed by atoms with Crippen LogP contribution in [-0.4, -0.2) is 38.9 Å². The van der Waals surface area contributed by atoms with Gasteiger partial charge < -0.3 is 9.47 Å². The molecule has 1 aromatic carbocycles. The minimum absolute atomic E-state index is 0.158. The summed E-state index contributed by atoms with van der Waals surface area (Å²) in [7, 11) is -3.84. The van der Waals surface area contributed by atoms with Gasteiger partial charge in [0.05, 0.1) is 17.1 Å². The first-order valence-corrected chi connectivity index (χ1v) is 8.96. The van der Waals surface area contributed by atoms with Crippen molar-refractivity contribution in [2.24, 2.45) is 0 Å². The number of hydrogen-bond acceptors (Lipinski definition) is 5. The zero-order valence-corrected chi connectivity index (χ0v) is 14.0. The van der Waals surface area contributed by atoms with Crippen LogP contribution in [0.4, 0.5) is 0 Å². The van der Waals surface area contributed by atoms with E-state index in [9.17, 15) is 8.42 Å². The van der Waals surface area contributed by atoms with Crippen LogP contribution in [0.3, 0.4) is 0 Å². The summed E-state index contributed by atoms with van der Waals surface area (Å²) in [5.41, 5.74) is -0.250. The Bertz CT molecular complexity index is 654. The van der Waals surface area contributed by atoms with Gasteiger partial charge in [0.1, 0.15) is 11.7 Å². The van der Waals surface area contributed by atoms with Crippen LogP contribution in [0.5, 0.6) is 0 Å². The van der Waals surface area contributed by atoms with E-state index in [4.69, 9.17) is 13.7 Å². The molecule has 3 atom stereocenters. The van der Waals surface area contributed by atoms with Gasteiger partial charge in [0.2, 0.25) is 0 Å². The number of hydrogen-bond donors (Lipinski definition) is 0. The Morgan fingerprint density at radius 3 is 2.55 bits per heavy atom. The first-order valence-electron chi connectivity index (χ1n) is 7.55.